The van der Waals surface area contributed by atoms with E-state index in [1.807, 2.05) is 0 Å². The second-order valence-electron chi connectivity index (χ2n) is 5.50. The number of amides is 1. The van der Waals surface area contributed by atoms with Crippen molar-refractivity contribution in [1.82, 2.24) is 0 Å². The molecule has 0 aliphatic heterocycles. The fourth-order valence-electron chi connectivity index (χ4n) is 2.23. The van der Waals surface area contributed by atoms with Gasteiger partial charge >= 0.3 is 6.18 Å². The predicted molar refractivity (Wildman–Crippen MR) is 92.7 cm³/mol. The maximum absolute atomic E-state index is 12.6. The summed E-state index contributed by atoms with van der Waals surface area (Å²) in [6.45, 7) is 1.64. The number of rotatable bonds is 6. The molecule has 0 aromatic heterocycles. The van der Waals surface area contributed by atoms with Gasteiger partial charge in [0.25, 0.3) is 0 Å². The zero-order chi connectivity index (χ0) is 19.3. The monoisotopic (exact) mass is 368 g/mol. The third-order valence-corrected chi connectivity index (χ3v) is 3.64. The summed E-state index contributed by atoms with van der Waals surface area (Å²) in [5, 5.41) is 5.56. The number of nitrogens with one attached hydrogen (secondary N) is 2. The van der Waals surface area contributed by atoms with Crippen molar-refractivity contribution in [2.24, 2.45) is 0 Å². The van der Waals surface area contributed by atoms with E-state index >= 15 is 0 Å². The molecule has 0 aliphatic rings. The Hall–Kier alpha value is -2.90. The van der Waals surface area contributed by atoms with E-state index in [-0.39, 0.29) is 11.6 Å². The number of ether oxygens (including phenoxy) is 2. The van der Waals surface area contributed by atoms with Gasteiger partial charge in [0.1, 0.15) is 6.04 Å². The Bertz CT molecular complexity index is 761. The summed E-state index contributed by atoms with van der Waals surface area (Å²) in [6, 6.07) is 8.74. The van der Waals surface area contributed by atoms with Crippen LogP contribution >= 0.6 is 0 Å². The highest BCUT2D eigenvalue weighted by Crippen LogP contribution is 2.31. The van der Waals surface area contributed by atoms with E-state index in [9.17, 15) is 18.0 Å². The molecule has 0 fully saturated rings. The molecule has 26 heavy (non-hydrogen) atoms. The number of halogens is 3. The maximum Gasteiger partial charge on any atom is 0.416 e. The molecule has 2 aromatic carbocycles. The molecular formula is C18H19F3N2O3. The Labute approximate surface area is 149 Å². The smallest absolute Gasteiger partial charge is 0.416 e. The van der Waals surface area contributed by atoms with Gasteiger partial charge in [0.15, 0.2) is 11.5 Å². The molecule has 0 bridgehead atoms. The number of carbonyl (C=O) groups excluding carboxylic acids is 1. The number of hydrogen-bond donors (Lipinski definition) is 2. The first-order valence-electron chi connectivity index (χ1n) is 7.71. The normalized spacial score (nSPS) is 12.2. The van der Waals surface area contributed by atoms with Gasteiger partial charge in [-0.1, -0.05) is 0 Å². The van der Waals surface area contributed by atoms with Gasteiger partial charge in [-0.15, -0.1) is 0 Å². The summed E-state index contributed by atoms with van der Waals surface area (Å²) < 4.78 is 48.0. The van der Waals surface area contributed by atoms with Gasteiger partial charge in [-0.25, -0.2) is 0 Å². The minimum absolute atomic E-state index is 0.281. The van der Waals surface area contributed by atoms with E-state index < -0.39 is 17.8 Å². The van der Waals surface area contributed by atoms with Crippen LogP contribution in [0, 0.1) is 0 Å². The van der Waals surface area contributed by atoms with Crippen molar-refractivity contribution in [1.29, 1.82) is 0 Å². The molecule has 1 atom stereocenters. The third-order valence-electron chi connectivity index (χ3n) is 3.64. The van der Waals surface area contributed by atoms with Crippen molar-refractivity contribution in [2.45, 2.75) is 19.1 Å². The lowest BCUT2D eigenvalue weighted by atomic mass is 10.2. The number of anilines is 2. The summed E-state index contributed by atoms with van der Waals surface area (Å²) in [7, 11) is 3.02. The number of alkyl halides is 3. The summed E-state index contributed by atoms with van der Waals surface area (Å²) in [6.07, 6.45) is -4.41. The average molecular weight is 368 g/mol. The van der Waals surface area contributed by atoms with Crippen LogP contribution in [0.15, 0.2) is 42.5 Å². The topological polar surface area (TPSA) is 59.6 Å². The first-order valence-corrected chi connectivity index (χ1v) is 7.71. The van der Waals surface area contributed by atoms with Crippen LogP contribution < -0.4 is 20.1 Å². The van der Waals surface area contributed by atoms with Gasteiger partial charge in [-0.3, -0.25) is 4.79 Å². The molecule has 0 aliphatic carbocycles. The minimum Gasteiger partial charge on any atom is -0.493 e. The molecule has 2 rings (SSSR count). The summed E-state index contributed by atoms with van der Waals surface area (Å²) in [5.41, 5.74) is 0.147. The lowest BCUT2D eigenvalue weighted by Gasteiger charge is -2.17. The molecule has 140 valence electrons. The van der Waals surface area contributed by atoms with E-state index in [0.717, 1.165) is 12.1 Å². The molecule has 0 spiro atoms. The summed E-state index contributed by atoms with van der Waals surface area (Å²) >= 11 is 0. The Morgan fingerprint density at radius 1 is 0.962 bits per heavy atom. The highest BCUT2D eigenvalue weighted by molar-refractivity contribution is 5.96. The quantitative estimate of drug-likeness (QED) is 0.804. The van der Waals surface area contributed by atoms with Crippen molar-refractivity contribution in [2.75, 3.05) is 24.9 Å². The number of benzene rings is 2. The van der Waals surface area contributed by atoms with Gasteiger partial charge in [0.2, 0.25) is 5.91 Å². The molecule has 0 radical (unpaired) electrons. The first-order chi connectivity index (χ1) is 12.2. The van der Waals surface area contributed by atoms with Crippen LogP contribution in [0.3, 0.4) is 0 Å². The van der Waals surface area contributed by atoms with Crippen LogP contribution in [-0.2, 0) is 11.0 Å². The highest BCUT2D eigenvalue weighted by Gasteiger charge is 2.30. The molecule has 0 saturated heterocycles. The van der Waals surface area contributed by atoms with E-state index in [2.05, 4.69) is 10.6 Å². The second kappa shape index (κ2) is 7.99. The van der Waals surface area contributed by atoms with Gasteiger partial charge in [0.05, 0.1) is 19.8 Å². The van der Waals surface area contributed by atoms with Crippen LogP contribution in [0.25, 0.3) is 0 Å². The highest BCUT2D eigenvalue weighted by atomic mass is 19.4. The minimum atomic E-state index is -4.41. The van der Waals surface area contributed by atoms with Crippen molar-refractivity contribution in [3.05, 3.63) is 48.0 Å². The SMILES string of the molecule is COc1ccc(N[C@H](C)C(=O)Nc2ccc(C(F)(F)F)cc2)cc1OC. The van der Waals surface area contributed by atoms with Crippen molar-refractivity contribution in [3.63, 3.8) is 0 Å². The van der Waals surface area contributed by atoms with Gasteiger partial charge < -0.3 is 20.1 Å². The molecular weight excluding hydrogens is 349 g/mol. The van der Waals surface area contributed by atoms with Crippen LogP contribution in [0.1, 0.15) is 12.5 Å². The lowest BCUT2D eigenvalue weighted by molar-refractivity contribution is -0.137. The second-order valence-corrected chi connectivity index (χ2v) is 5.50. The predicted octanol–water partition coefficient (Wildman–Crippen LogP) is 4.16. The van der Waals surface area contributed by atoms with E-state index in [0.29, 0.717) is 17.2 Å². The Morgan fingerprint density at radius 2 is 1.54 bits per heavy atom. The number of methoxy groups -OCH3 is 2. The zero-order valence-electron chi connectivity index (χ0n) is 14.5. The van der Waals surface area contributed by atoms with Crippen molar-refractivity contribution in [3.8, 4) is 11.5 Å². The average Bonchev–Trinajstić information content (AvgIpc) is 2.61. The summed E-state index contributed by atoms with van der Waals surface area (Å²) in [4.78, 5) is 12.2. The molecule has 0 heterocycles. The standard InChI is InChI=1S/C18H19F3N2O3/c1-11(22-14-8-9-15(25-2)16(10-14)26-3)17(24)23-13-6-4-12(5-7-13)18(19,20)21/h4-11,22H,1-3H3,(H,23,24)/t11-/m1/s1. The fraction of sp³-hybridized carbons (Fsp3) is 0.278. The fourth-order valence-corrected chi connectivity index (χ4v) is 2.23. The molecule has 8 heteroatoms. The zero-order valence-corrected chi connectivity index (χ0v) is 14.5. The van der Waals surface area contributed by atoms with Gasteiger partial charge in [0, 0.05) is 17.4 Å². The molecule has 2 aromatic rings. The van der Waals surface area contributed by atoms with Crippen LogP contribution in [-0.4, -0.2) is 26.2 Å². The largest absolute Gasteiger partial charge is 0.493 e. The number of hydrogen-bond acceptors (Lipinski definition) is 4. The maximum atomic E-state index is 12.6. The van der Waals surface area contributed by atoms with Crippen LogP contribution in [0.2, 0.25) is 0 Å². The van der Waals surface area contributed by atoms with E-state index in [1.165, 1.54) is 26.4 Å². The lowest BCUT2D eigenvalue weighted by Crippen LogP contribution is -2.31. The molecule has 1 amide bonds. The molecule has 0 saturated carbocycles. The molecule has 5 nitrogen and oxygen atoms in total. The Kier molecular flexibility index (Phi) is 5.97. The van der Waals surface area contributed by atoms with Crippen molar-refractivity contribution < 1.29 is 27.4 Å². The Balaban J connectivity index is 2.01. The Morgan fingerprint density at radius 3 is 2.08 bits per heavy atom. The van der Waals surface area contributed by atoms with Crippen molar-refractivity contribution >= 4 is 17.3 Å². The van der Waals surface area contributed by atoms with Crippen LogP contribution in [0.5, 0.6) is 11.5 Å². The van der Waals surface area contributed by atoms with Crippen LogP contribution in [0.4, 0.5) is 24.5 Å². The van der Waals surface area contributed by atoms with Gasteiger partial charge in [-0.05, 0) is 43.3 Å². The first kappa shape index (κ1) is 19.4. The third kappa shape index (κ3) is 4.81. The summed E-state index contributed by atoms with van der Waals surface area (Å²) in [5.74, 6) is 0.673. The van der Waals surface area contributed by atoms with E-state index in [4.69, 9.17) is 9.47 Å². The van der Waals surface area contributed by atoms with Gasteiger partial charge in [-0.2, -0.15) is 13.2 Å². The number of carbonyl (C=O) groups is 1. The molecule has 2 N–H and O–H groups in total. The van der Waals surface area contributed by atoms with E-state index in [1.54, 1.807) is 25.1 Å². The molecule has 0 unspecified atom stereocenters.